The summed E-state index contributed by atoms with van der Waals surface area (Å²) in [6, 6.07) is 4.81. The number of hydrogen-bond donors (Lipinski definition) is 1. The van der Waals surface area contributed by atoms with Crippen molar-refractivity contribution in [3.63, 3.8) is 0 Å². The van der Waals surface area contributed by atoms with E-state index in [0.717, 1.165) is 5.56 Å². The molecule has 0 unspecified atom stereocenters. The Kier molecular flexibility index (Phi) is 6.14. The van der Waals surface area contributed by atoms with Gasteiger partial charge in [0.05, 0.1) is 23.2 Å². The number of likely N-dealkylation sites (tertiary alicyclic amines) is 1. The number of aliphatic hydroxyl groups excluding tert-OH is 1. The lowest BCUT2D eigenvalue weighted by atomic mass is 9.92. The molecule has 2 fully saturated rings. The van der Waals surface area contributed by atoms with Gasteiger partial charge in [0.1, 0.15) is 5.82 Å². The van der Waals surface area contributed by atoms with Gasteiger partial charge in [0.15, 0.2) is 0 Å². The maximum atomic E-state index is 13.9. The van der Waals surface area contributed by atoms with Gasteiger partial charge in [-0.05, 0) is 43.5 Å². The summed E-state index contributed by atoms with van der Waals surface area (Å²) >= 11 is 5.80. The van der Waals surface area contributed by atoms with Gasteiger partial charge in [-0.3, -0.25) is 9.48 Å². The van der Waals surface area contributed by atoms with Crippen LogP contribution in [0.3, 0.4) is 0 Å². The van der Waals surface area contributed by atoms with Gasteiger partial charge < -0.3 is 14.7 Å². The molecule has 162 valence electrons. The normalized spacial score (nSPS) is 26.7. The van der Waals surface area contributed by atoms with Crippen LogP contribution < -0.4 is 0 Å². The van der Waals surface area contributed by atoms with E-state index in [-0.39, 0.29) is 41.3 Å². The van der Waals surface area contributed by atoms with Gasteiger partial charge in [-0.25, -0.2) is 4.39 Å². The van der Waals surface area contributed by atoms with Crippen molar-refractivity contribution < 1.29 is 19.0 Å². The average molecular weight is 436 g/mol. The number of carbonyl (C=O) groups excluding carboxylic acids is 1. The molecule has 4 rings (SSSR count). The molecule has 1 amide bonds. The third-order valence-corrected chi connectivity index (χ3v) is 6.55. The minimum absolute atomic E-state index is 0.00823. The number of rotatable bonds is 5. The Hall–Kier alpha value is -1.96. The van der Waals surface area contributed by atoms with E-state index < -0.39 is 11.9 Å². The highest BCUT2D eigenvalue weighted by Gasteiger charge is 2.43. The van der Waals surface area contributed by atoms with Gasteiger partial charge in [-0.15, -0.1) is 0 Å². The van der Waals surface area contributed by atoms with Gasteiger partial charge in [-0.2, -0.15) is 5.10 Å². The fourth-order valence-electron chi connectivity index (χ4n) is 4.54. The van der Waals surface area contributed by atoms with Crippen molar-refractivity contribution in [1.29, 1.82) is 0 Å². The second-order valence-corrected chi connectivity index (χ2v) is 8.91. The monoisotopic (exact) mass is 435 g/mol. The molecule has 3 heterocycles. The number of aromatic nitrogens is 2. The standard InChI is InChI=1S/C22H27ClFN3O3/c1-13(2)27-10-15(8-25-27)18-11-26(9-16(18)12-28)22(29)17-5-6-30-21(17)14-3-4-19(23)20(24)7-14/h3-4,7-8,10,13,16-18,21,28H,5-6,9,11-12H2,1-2H3/t16-,17+,18-,21-/m0/s1. The number of nitrogens with zero attached hydrogens (tertiary/aromatic N) is 3. The Labute approximate surface area is 180 Å². The summed E-state index contributed by atoms with van der Waals surface area (Å²) in [6.45, 7) is 5.60. The lowest BCUT2D eigenvalue weighted by Gasteiger charge is -2.24. The lowest BCUT2D eigenvalue weighted by molar-refractivity contribution is -0.136. The maximum Gasteiger partial charge on any atom is 0.228 e. The van der Waals surface area contributed by atoms with Crippen LogP contribution >= 0.6 is 11.6 Å². The van der Waals surface area contributed by atoms with Gasteiger partial charge in [0, 0.05) is 50.4 Å². The van der Waals surface area contributed by atoms with E-state index in [0.29, 0.717) is 31.7 Å². The molecule has 4 atom stereocenters. The third-order valence-electron chi connectivity index (χ3n) is 6.25. The second-order valence-electron chi connectivity index (χ2n) is 8.50. The molecule has 0 saturated carbocycles. The largest absolute Gasteiger partial charge is 0.396 e. The Morgan fingerprint density at radius 3 is 2.83 bits per heavy atom. The Bertz CT molecular complexity index is 919. The first-order valence-electron chi connectivity index (χ1n) is 10.4. The number of halogens is 2. The molecule has 6 nitrogen and oxygen atoms in total. The van der Waals surface area contributed by atoms with Crippen molar-refractivity contribution in [2.24, 2.45) is 11.8 Å². The number of ether oxygens (including phenoxy) is 1. The molecule has 2 saturated heterocycles. The number of amides is 1. The van der Waals surface area contributed by atoms with Crippen LogP contribution in [0, 0.1) is 17.7 Å². The first kappa shape index (κ1) is 21.3. The summed E-state index contributed by atoms with van der Waals surface area (Å²) in [5, 5.41) is 14.4. The smallest absolute Gasteiger partial charge is 0.228 e. The zero-order chi connectivity index (χ0) is 21.4. The van der Waals surface area contributed by atoms with Crippen LogP contribution in [0.15, 0.2) is 30.6 Å². The van der Waals surface area contributed by atoms with Crippen LogP contribution in [-0.4, -0.2) is 52.0 Å². The fourth-order valence-corrected chi connectivity index (χ4v) is 4.65. The van der Waals surface area contributed by atoms with Crippen molar-refractivity contribution in [2.45, 2.75) is 38.3 Å². The molecule has 1 aromatic heterocycles. The molecule has 1 N–H and O–H groups in total. The second kappa shape index (κ2) is 8.65. The maximum absolute atomic E-state index is 13.9. The Morgan fingerprint density at radius 1 is 1.37 bits per heavy atom. The van der Waals surface area contributed by atoms with Crippen molar-refractivity contribution in [3.8, 4) is 0 Å². The van der Waals surface area contributed by atoms with Crippen molar-refractivity contribution in [1.82, 2.24) is 14.7 Å². The summed E-state index contributed by atoms with van der Waals surface area (Å²) in [4.78, 5) is 15.2. The molecule has 30 heavy (non-hydrogen) atoms. The molecule has 2 aromatic rings. The zero-order valence-corrected chi connectivity index (χ0v) is 17.9. The minimum atomic E-state index is -0.514. The predicted molar refractivity (Wildman–Crippen MR) is 111 cm³/mol. The molecule has 0 aliphatic carbocycles. The molecule has 2 aliphatic heterocycles. The van der Waals surface area contributed by atoms with E-state index >= 15 is 0 Å². The van der Waals surface area contributed by atoms with E-state index in [1.807, 2.05) is 22.0 Å². The molecule has 0 bridgehead atoms. The van der Waals surface area contributed by atoms with Crippen LogP contribution in [0.25, 0.3) is 0 Å². The van der Waals surface area contributed by atoms with Crippen molar-refractivity contribution in [3.05, 3.63) is 52.6 Å². The molecule has 0 radical (unpaired) electrons. The SMILES string of the molecule is CC(C)n1cc([C@@H]2CN(C(=O)[C@@H]3CCO[C@H]3c3ccc(Cl)c(F)c3)C[C@H]2CO)cn1. The Balaban J connectivity index is 1.51. The minimum Gasteiger partial charge on any atom is -0.396 e. The van der Waals surface area contributed by atoms with Gasteiger partial charge >= 0.3 is 0 Å². The van der Waals surface area contributed by atoms with Gasteiger partial charge in [0.2, 0.25) is 5.91 Å². The molecule has 0 spiro atoms. The summed E-state index contributed by atoms with van der Waals surface area (Å²) in [5.74, 6) is -0.889. The van der Waals surface area contributed by atoms with Crippen molar-refractivity contribution in [2.75, 3.05) is 26.3 Å². The first-order valence-corrected chi connectivity index (χ1v) is 10.8. The molecule has 1 aromatic carbocycles. The number of aliphatic hydroxyl groups is 1. The summed E-state index contributed by atoms with van der Waals surface area (Å²) in [6.07, 6.45) is 3.94. The molecular formula is C22H27ClFN3O3. The lowest BCUT2D eigenvalue weighted by Crippen LogP contribution is -2.36. The highest BCUT2D eigenvalue weighted by Crippen LogP contribution is 2.40. The van der Waals surface area contributed by atoms with Crippen LogP contribution in [-0.2, 0) is 9.53 Å². The number of carbonyl (C=O) groups is 1. The molecular weight excluding hydrogens is 409 g/mol. The molecule has 2 aliphatic rings. The van der Waals surface area contributed by atoms with Crippen LogP contribution in [0.1, 0.15) is 49.5 Å². The quantitative estimate of drug-likeness (QED) is 0.779. The van der Waals surface area contributed by atoms with E-state index in [1.165, 1.54) is 12.1 Å². The van der Waals surface area contributed by atoms with Gasteiger partial charge in [-0.1, -0.05) is 17.7 Å². The number of benzene rings is 1. The van der Waals surface area contributed by atoms with Crippen LogP contribution in [0.5, 0.6) is 0 Å². The summed E-state index contributed by atoms with van der Waals surface area (Å²) in [5.41, 5.74) is 1.66. The topological polar surface area (TPSA) is 67.6 Å². The van der Waals surface area contributed by atoms with E-state index in [1.54, 1.807) is 6.07 Å². The molecule has 8 heteroatoms. The van der Waals surface area contributed by atoms with Gasteiger partial charge in [0.25, 0.3) is 0 Å². The highest BCUT2D eigenvalue weighted by atomic mass is 35.5. The van der Waals surface area contributed by atoms with E-state index in [2.05, 4.69) is 18.9 Å². The van der Waals surface area contributed by atoms with Crippen LogP contribution in [0.4, 0.5) is 4.39 Å². The Morgan fingerprint density at radius 2 is 2.17 bits per heavy atom. The van der Waals surface area contributed by atoms with Crippen LogP contribution in [0.2, 0.25) is 5.02 Å². The third kappa shape index (κ3) is 3.98. The zero-order valence-electron chi connectivity index (χ0n) is 17.2. The average Bonchev–Trinajstić information content (AvgIpc) is 3.47. The highest BCUT2D eigenvalue weighted by molar-refractivity contribution is 6.30. The number of hydrogen-bond acceptors (Lipinski definition) is 4. The summed E-state index contributed by atoms with van der Waals surface area (Å²) in [7, 11) is 0. The predicted octanol–water partition coefficient (Wildman–Crippen LogP) is 3.57. The van der Waals surface area contributed by atoms with Crippen molar-refractivity contribution >= 4 is 17.5 Å². The fraction of sp³-hybridized carbons (Fsp3) is 0.545. The first-order chi connectivity index (χ1) is 14.4. The van der Waals surface area contributed by atoms with E-state index in [9.17, 15) is 14.3 Å². The van der Waals surface area contributed by atoms with E-state index in [4.69, 9.17) is 16.3 Å². The summed E-state index contributed by atoms with van der Waals surface area (Å²) < 4.78 is 21.6.